The molecule has 7 heteroatoms. The topological polar surface area (TPSA) is 89.2 Å². The summed E-state index contributed by atoms with van der Waals surface area (Å²) < 4.78 is 16.6. The maximum Gasteiger partial charge on any atom is 0.300 e. The molecule has 0 spiro atoms. The number of aliphatic hydroxyl groups excluding tert-OH is 1. The predicted octanol–water partition coefficient (Wildman–Crippen LogP) is 4.70. The summed E-state index contributed by atoms with van der Waals surface area (Å²) in [5.74, 6) is -0.604. The van der Waals surface area contributed by atoms with Crippen LogP contribution in [0.25, 0.3) is 5.76 Å². The Hall–Kier alpha value is -4.00. The molecule has 0 radical (unpaired) electrons. The van der Waals surface area contributed by atoms with Crippen LogP contribution in [0.4, 0.5) is 5.69 Å². The number of Topliss-reactive ketones (excluding diaryl/α,β-unsaturated/α-hetero) is 1. The van der Waals surface area contributed by atoms with Gasteiger partial charge in [0.1, 0.15) is 29.1 Å². The van der Waals surface area contributed by atoms with E-state index in [-0.39, 0.29) is 11.3 Å². The smallest absolute Gasteiger partial charge is 0.300 e. The molecule has 7 nitrogen and oxygen atoms in total. The average molecular weight is 433 g/mol. The van der Waals surface area contributed by atoms with E-state index in [0.717, 1.165) is 6.42 Å². The number of aliphatic hydroxyl groups is 1. The first-order valence-electron chi connectivity index (χ1n) is 10.3. The van der Waals surface area contributed by atoms with Gasteiger partial charge < -0.3 is 19.0 Å². The van der Waals surface area contributed by atoms with Crippen molar-refractivity contribution in [2.45, 2.75) is 19.4 Å². The van der Waals surface area contributed by atoms with Gasteiger partial charge in [-0.2, -0.15) is 0 Å². The number of nitrogens with zero attached hydrogens (tertiary/aromatic N) is 1. The highest BCUT2D eigenvalue weighted by Gasteiger charge is 2.48. The molecule has 1 N–H and O–H groups in total. The summed E-state index contributed by atoms with van der Waals surface area (Å²) in [5, 5.41) is 11.2. The highest BCUT2D eigenvalue weighted by Crippen LogP contribution is 2.43. The number of methoxy groups -OCH3 is 1. The number of ketones is 1. The third-order valence-corrected chi connectivity index (χ3v) is 5.19. The number of benzene rings is 2. The van der Waals surface area contributed by atoms with Crippen molar-refractivity contribution in [1.82, 2.24) is 0 Å². The number of carbonyl (C=O) groups excluding carboxylic acids is 2. The summed E-state index contributed by atoms with van der Waals surface area (Å²) in [4.78, 5) is 27.6. The second-order valence-corrected chi connectivity index (χ2v) is 7.23. The van der Waals surface area contributed by atoms with E-state index in [9.17, 15) is 14.7 Å². The molecular weight excluding hydrogens is 410 g/mol. The molecule has 0 aliphatic carbocycles. The Kier molecular flexibility index (Phi) is 5.98. The van der Waals surface area contributed by atoms with Gasteiger partial charge in [0.15, 0.2) is 0 Å². The Morgan fingerprint density at radius 3 is 2.62 bits per heavy atom. The molecule has 1 unspecified atom stereocenters. The highest BCUT2D eigenvalue weighted by molar-refractivity contribution is 6.51. The van der Waals surface area contributed by atoms with Crippen molar-refractivity contribution in [1.29, 1.82) is 0 Å². The lowest BCUT2D eigenvalue weighted by atomic mass is 9.98. The Morgan fingerprint density at radius 2 is 1.91 bits per heavy atom. The Bertz CT molecular complexity index is 1160. The van der Waals surface area contributed by atoms with Crippen LogP contribution in [0.1, 0.15) is 30.7 Å². The van der Waals surface area contributed by atoms with Crippen LogP contribution in [0.2, 0.25) is 0 Å². The van der Waals surface area contributed by atoms with Crippen LogP contribution in [0.5, 0.6) is 11.5 Å². The van der Waals surface area contributed by atoms with E-state index in [1.54, 1.807) is 60.7 Å². The molecule has 164 valence electrons. The molecule has 1 saturated heterocycles. The third-order valence-electron chi connectivity index (χ3n) is 5.19. The number of amides is 1. The zero-order valence-corrected chi connectivity index (χ0v) is 17.8. The van der Waals surface area contributed by atoms with Crippen LogP contribution in [0, 0.1) is 0 Å². The van der Waals surface area contributed by atoms with E-state index >= 15 is 0 Å². The van der Waals surface area contributed by atoms with Crippen molar-refractivity contribution in [2.24, 2.45) is 0 Å². The largest absolute Gasteiger partial charge is 0.507 e. The molecule has 2 aromatic carbocycles. The van der Waals surface area contributed by atoms with Gasteiger partial charge in [0.05, 0.1) is 31.1 Å². The van der Waals surface area contributed by atoms with Crippen molar-refractivity contribution in [3.05, 3.63) is 83.8 Å². The molecule has 1 aliphatic heterocycles. The molecule has 1 aliphatic rings. The highest BCUT2D eigenvalue weighted by atomic mass is 16.5. The summed E-state index contributed by atoms with van der Waals surface area (Å²) in [6.07, 6.45) is 2.29. The van der Waals surface area contributed by atoms with E-state index < -0.39 is 17.7 Å². The number of furan rings is 1. The summed E-state index contributed by atoms with van der Waals surface area (Å²) in [5.41, 5.74) is 0.695. The van der Waals surface area contributed by atoms with E-state index in [1.807, 2.05) is 6.92 Å². The minimum atomic E-state index is -0.948. The quantitative estimate of drug-likeness (QED) is 0.330. The first-order chi connectivity index (χ1) is 15.6. The SMILES string of the molecule is CCCOc1cccc(N2C(=O)C(=O)/C(=C(\O)c3ccccc3OC)C2c2ccco2)c1. The van der Waals surface area contributed by atoms with Crippen LogP contribution in [0.3, 0.4) is 0 Å². The molecule has 1 fully saturated rings. The summed E-state index contributed by atoms with van der Waals surface area (Å²) in [6.45, 7) is 2.52. The number of carbonyl (C=O) groups is 2. The van der Waals surface area contributed by atoms with Crippen molar-refractivity contribution in [3.8, 4) is 11.5 Å². The molecular formula is C25H23NO6. The standard InChI is InChI=1S/C25H23NO6/c1-3-13-31-17-9-6-8-16(15-17)26-22(20-12-7-14-32-20)21(24(28)25(26)29)23(27)18-10-4-5-11-19(18)30-2/h4-12,14-15,22,27H,3,13H2,1-2H3/b23-21-. The van der Waals surface area contributed by atoms with E-state index in [1.165, 1.54) is 18.3 Å². The average Bonchev–Trinajstić information content (AvgIpc) is 3.44. The first kappa shape index (κ1) is 21.2. The van der Waals surface area contributed by atoms with Gasteiger partial charge in [0.2, 0.25) is 0 Å². The fourth-order valence-corrected chi connectivity index (χ4v) is 3.74. The minimum Gasteiger partial charge on any atom is -0.507 e. The zero-order chi connectivity index (χ0) is 22.7. The van der Waals surface area contributed by atoms with E-state index in [2.05, 4.69) is 0 Å². The van der Waals surface area contributed by atoms with Gasteiger partial charge in [-0.1, -0.05) is 25.1 Å². The van der Waals surface area contributed by atoms with Gasteiger partial charge in [-0.05, 0) is 42.8 Å². The van der Waals surface area contributed by atoms with E-state index in [0.29, 0.717) is 35.1 Å². The first-order valence-corrected chi connectivity index (χ1v) is 10.3. The normalized spacial score (nSPS) is 17.6. The molecule has 0 bridgehead atoms. The minimum absolute atomic E-state index is 0.0747. The van der Waals surface area contributed by atoms with Gasteiger partial charge in [-0.15, -0.1) is 0 Å². The molecule has 32 heavy (non-hydrogen) atoms. The van der Waals surface area contributed by atoms with Crippen molar-refractivity contribution < 1.29 is 28.6 Å². The van der Waals surface area contributed by atoms with Gasteiger partial charge >= 0.3 is 0 Å². The molecule has 1 aromatic heterocycles. The van der Waals surface area contributed by atoms with Gasteiger partial charge in [-0.25, -0.2) is 0 Å². The van der Waals surface area contributed by atoms with Crippen molar-refractivity contribution in [3.63, 3.8) is 0 Å². The van der Waals surface area contributed by atoms with Crippen LogP contribution in [-0.2, 0) is 9.59 Å². The Labute approximate surface area is 185 Å². The van der Waals surface area contributed by atoms with Crippen molar-refractivity contribution >= 4 is 23.1 Å². The fourth-order valence-electron chi connectivity index (χ4n) is 3.74. The molecule has 4 rings (SSSR count). The predicted molar refractivity (Wildman–Crippen MR) is 119 cm³/mol. The van der Waals surface area contributed by atoms with Gasteiger partial charge in [0, 0.05) is 11.8 Å². The maximum absolute atomic E-state index is 13.2. The monoisotopic (exact) mass is 433 g/mol. The lowest BCUT2D eigenvalue weighted by molar-refractivity contribution is -0.132. The lowest BCUT2D eigenvalue weighted by Crippen LogP contribution is -2.29. The second kappa shape index (κ2) is 9.01. The number of anilines is 1. The number of para-hydroxylation sites is 1. The number of hydrogen-bond donors (Lipinski definition) is 1. The third kappa shape index (κ3) is 3.73. The number of rotatable bonds is 7. The summed E-state index contributed by atoms with van der Waals surface area (Å²) in [7, 11) is 1.47. The lowest BCUT2D eigenvalue weighted by Gasteiger charge is -2.24. The maximum atomic E-state index is 13.2. The fraction of sp³-hybridized carbons (Fsp3) is 0.200. The van der Waals surface area contributed by atoms with Crippen LogP contribution in [0.15, 0.2) is 76.9 Å². The number of ether oxygens (including phenoxy) is 2. The Morgan fingerprint density at radius 1 is 1.09 bits per heavy atom. The van der Waals surface area contributed by atoms with Gasteiger partial charge in [0.25, 0.3) is 11.7 Å². The molecule has 1 amide bonds. The second-order valence-electron chi connectivity index (χ2n) is 7.23. The molecule has 1 atom stereocenters. The Balaban J connectivity index is 1.88. The van der Waals surface area contributed by atoms with E-state index in [4.69, 9.17) is 13.9 Å². The molecule has 0 saturated carbocycles. The number of hydrogen-bond acceptors (Lipinski definition) is 6. The summed E-state index contributed by atoms with van der Waals surface area (Å²) >= 11 is 0. The van der Waals surface area contributed by atoms with Crippen LogP contribution in [-0.4, -0.2) is 30.5 Å². The zero-order valence-electron chi connectivity index (χ0n) is 17.8. The van der Waals surface area contributed by atoms with Gasteiger partial charge in [-0.3, -0.25) is 14.5 Å². The summed E-state index contributed by atoms with van der Waals surface area (Å²) in [6, 6.07) is 16.1. The van der Waals surface area contributed by atoms with Crippen LogP contribution < -0.4 is 14.4 Å². The van der Waals surface area contributed by atoms with Crippen molar-refractivity contribution in [2.75, 3.05) is 18.6 Å². The van der Waals surface area contributed by atoms with Crippen LogP contribution >= 0.6 is 0 Å². The molecule has 2 heterocycles. The molecule has 3 aromatic rings.